The maximum Gasteiger partial charge on any atom is 0.270 e. The Bertz CT molecular complexity index is 533. The summed E-state index contributed by atoms with van der Waals surface area (Å²) in [6, 6.07) is 7.17. The monoisotopic (exact) mass is 273 g/mol. The smallest absolute Gasteiger partial charge is 0.270 e. The second-order valence-electron chi connectivity index (χ2n) is 4.97. The third kappa shape index (κ3) is 4.12. The molecule has 5 heteroatoms. The molecule has 0 aliphatic rings. The molecule has 0 aromatic carbocycles. The van der Waals surface area contributed by atoms with Crippen molar-refractivity contribution < 1.29 is 9.21 Å². The van der Waals surface area contributed by atoms with Gasteiger partial charge in [0, 0.05) is 6.54 Å². The Kier molecular flexibility index (Phi) is 4.76. The predicted molar refractivity (Wildman–Crippen MR) is 77.4 cm³/mol. The van der Waals surface area contributed by atoms with Crippen LogP contribution in [-0.4, -0.2) is 17.4 Å². The lowest BCUT2D eigenvalue weighted by atomic mass is 10.2. The Morgan fingerprint density at radius 2 is 2.20 bits per heavy atom. The van der Waals surface area contributed by atoms with Gasteiger partial charge in [0.1, 0.15) is 11.5 Å². The normalized spacial score (nSPS) is 10.6. The van der Waals surface area contributed by atoms with Gasteiger partial charge in [-0.2, -0.15) is 0 Å². The first-order chi connectivity index (χ1) is 9.65. The molecule has 0 unspecified atom stereocenters. The van der Waals surface area contributed by atoms with E-state index in [-0.39, 0.29) is 5.91 Å². The van der Waals surface area contributed by atoms with Crippen molar-refractivity contribution in [1.29, 1.82) is 0 Å². The number of nitrogens with zero attached hydrogens (tertiary/aromatic N) is 1. The molecule has 0 fully saturated rings. The van der Waals surface area contributed by atoms with E-state index in [1.165, 1.54) is 0 Å². The van der Waals surface area contributed by atoms with Crippen molar-refractivity contribution in [2.24, 2.45) is 5.92 Å². The van der Waals surface area contributed by atoms with E-state index in [0.29, 0.717) is 23.9 Å². The molecule has 0 bridgehead atoms. The van der Waals surface area contributed by atoms with Gasteiger partial charge in [0.25, 0.3) is 5.91 Å². The summed E-state index contributed by atoms with van der Waals surface area (Å²) >= 11 is 0. The Labute approximate surface area is 118 Å². The van der Waals surface area contributed by atoms with Crippen LogP contribution in [-0.2, 0) is 6.54 Å². The van der Waals surface area contributed by atoms with E-state index in [1.54, 1.807) is 24.6 Å². The molecule has 0 aliphatic carbocycles. The van der Waals surface area contributed by atoms with Crippen LogP contribution in [0.15, 0.2) is 41.1 Å². The highest BCUT2D eigenvalue weighted by molar-refractivity contribution is 5.92. The average Bonchev–Trinajstić information content (AvgIpc) is 2.96. The number of amides is 1. The van der Waals surface area contributed by atoms with E-state index in [9.17, 15) is 4.79 Å². The van der Waals surface area contributed by atoms with E-state index in [4.69, 9.17) is 4.42 Å². The van der Waals surface area contributed by atoms with E-state index in [2.05, 4.69) is 29.5 Å². The summed E-state index contributed by atoms with van der Waals surface area (Å²) in [5.74, 6) is 1.07. The van der Waals surface area contributed by atoms with Crippen molar-refractivity contribution in [3.63, 3.8) is 0 Å². The van der Waals surface area contributed by atoms with Crippen molar-refractivity contribution in [3.05, 3.63) is 48.2 Å². The first kappa shape index (κ1) is 14.1. The van der Waals surface area contributed by atoms with Crippen LogP contribution in [0.2, 0.25) is 0 Å². The molecule has 0 atom stereocenters. The molecular weight excluding hydrogens is 254 g/mol. The quantitative estimate of drug-likeness (QED) is 0.849. The van der Waals surface area contributed by atoms with Gasteiger partial charge in [-0.15, -0.1) is 0 Å². The summed E-state index contributed by atoms with van der Waals surface area (Å²) in [4.78, 5) is 16.0. The maximum atomic E-state index is 11.9. The van der Waals surface area contributed by atoms with Gasteiger partial charge in [-0.1, -0.05) is 13.8 Å². The zero-order valence-corrected chi connectivity index (χ0v) is 11.7. The van der Waals surface area contributed by atoms with Crippen molar-refractivity contribution in [3.8, 4) is 0 Å². The van der Waals surface area contributed by atoms with Crippen LogP contribution in [0, 0.1) is 5.92 Å². The van der Waals surface area contributed by atoms with Gasteiger partial charge in [-0.3, -0.25) is 4.79 Å². The van der Waals surface area contributed by atoms with Gasteiger partial charge in [0.15, 0.2) is 0 Å². The molecule has 2 rings (SSSR count). The van der Waals surface area contributed by atoms with Crippen LogP contribution in [0.3, 0.4) is 0 Å². The number of pyridine rings is 1. The van der Waals surface area contributed by atoms with Gasteiger partial charge in [-0.05, 0) is 30.2 Å². The van der Waals surface area contributed by atoms with Crippen molar-refractivity contribution in [2.75, 3.05) is 11.9 Å². The number of carbonyl (C=O) groups excluding carboxylic acids is 1. The summed E-state index contributed by atoms with van der Waals surface area (Å²) in [7, 11) is 0. The molecule has 0 radical (unpaired) electrons. The third-order valence-corrected chi connectivity index (χ3v) is 2.71. The average molecular weight is 273 g/mol. The van der Waals surface area contributed by atoms with Crippen molar-refractivity contribution in [1.82, 2.24) is 10.3 Å². The highest BCUT2D eigenvalue weighted by Crippen LogP contribution is 2.07. The van der Waals surface area contributed by atoms with Crippen LogP contribution in [0.1, 0.15) is 30.1 Å². The largest absolute Gasteiger partial charge is 0.467 e. The molecule has 1 amide bonds. The number of carbonyl (C=O) groups is 1. The molecule has 106 valence electrons. The topological polar surface area (TPSA) is 67.2 Å². The van der Waals surface area contributed by atoms with Gasteiger partial charge < -0.3 is 15.1 Å². The van der Waals surface area contributed by atoms with Gasteiger partial charge in [-0.25, -0.2) is 4.98 Å². The fourth-order valence-corrected chi connectivity index (χ4v) is 1.63. The molecule has 2 heterocycles. The second kappa shape index (κ2) is 6.75. The summed E-state index contributed by atoms with van der Waals surface area (Å²) in [5.41, 5.74) is 1.31. The lowest BCUT2D eigenvalue weighted by molar-refractivity contribution is 0.0943. The van der Waals surface area contributed by atoms with Crippen LogP contribution in [0.4, 0.5) is 5.69 Å². The predicted octanol–water partition coefficient (Wildman–Crippen LogP) is 2.67. The number of hydrogen-bond donors (Lipinski definition) is 2. The van der Waals surface area contributed by atoms with Crippen molar-refractivity contribution in [2.45, 2.75) is 20.4 Å². The minimum atomic E-state index is -0.211. The van der Waals surface area contributed by atoms with Crippen LogP contribution < -0.4 is 10.6 Å². The molecule has 2 N–H and O–H groups in total. The molecule has 0 spiro atoms. The van der Waals surface area contributed by atoms with E-state index in [1.807, 2.05) is 12.1 Å². The Morgan fingerprint density at radius 3 is 2.80 bits per heavy atom. The summed E-state index contributed by atoms with van der Waals surface area (Å²) in [6.07, 6.45) is 3.25. The van der Waals surface area contributed by atoms with Crippen molar-refractivity contribution >= 4 is 11.6 Å². The van der Waals surface area contributed by atoms with E-state index >= 15 is 0 Å². The molecule has 0 saturated carbocycles. The number of aromatic nitrogens is 1. The molecule has 2 aromatic rings. The highest BCUT2D eigenvalue weighted by Gasteiger charge is 2.07. The zero-order chi connectivity index (χ0) is 14.4. The number of hydrogen-bond acceptors (Lipinski definition) is 4. The van der Waals surface area contributed by atoms with E-state index in [0.717, 1.165) is 12.2 Å². The molecule has 20 heavy (non-hydrogen) atoms. The molecule has 0 aliphatic heterocycles. The Hall–Kier alpha value is -2.30. The fourth-order valence-electron chi connectivity index (χ4n) is 1.63. The number of nitrogens with one attached hydrogen (secondary N) is 2. The van der Waals surface area contributed by atoms with Crippen LogP contribution in [0.5, 0.6) is 0 Å². The molecule has 2 aromatic heterocycles. The standard InChI is InChI=1S/C15H19N3O2/c1-11(2)8-16-12-5-6-14(17-9-12)15(19)18-10-13-4-3-7-20-13/h3-7,9,11,16H,8,10H2,1-2H3,(H,18,19). The summed E-state index contributed by atoms with van der Waals surface area (Å²) in [5, 5.41) is 6.01. The van der Waals surface area contributed by atoms with Gasteiger partial charge in [0.05, 0.1) is 24.7 Å². The Morgan fingerprint density at radius 1 is 1.35 bits per heavy atom. The minimum Gasteiger partial charge on any atom is -0.467 e. The highest BCUT2D eigenvalue weighted by atomic mass is 16.3. The van der Waals surface area contributed by atoms with Gasteiger partial charge >= 0.3 is 0 Å². The fraction of sp³-hybridized carbons (Fsp3) is 0.333. The lowest BCUT2D eigenvalue weighted by Gasteiger charge is -2.09. The SMILES string of the molecule is CC(C)CNc1ccc(C(=O)NCc2ccco2)nc1. The molecule has 0 saturated heterocycles. The lowest BCUT2D eigenvalue weighted by Crippen LogP contribution is -2.23. The van der Waals surface area contributed by atoms with Crippen LogP contribution >= 0.6 is 0 Å². The number of rotatable bonds is 6. The number of furan rings is 1. The zero-order valence-electron chi connectivity index (χ0n) is 11.7. The second-order valence-corrected chi connectivity index (χ2v) is 4.97. The van der Waals surface area contributed by atoms with Crippen LogP contribution in [0.25, 0.3) is 0 Å². The Balaban J connectivity index is 1.87. The first-order valence-electron chi connectivity index (χ1n) is 6.65. The molecular formula is C15H19N3O2. The molecule has 5 nitrogen and oxygen atoms in total. The minimum absolute atomic E-state index is 0.211. The van der Waals surface area contributed by atoms with Gasteiger partial charge in [0.2, 0.25) is 0 Å². The number of anilines is 1. The third-order valence-electron chi connectivity index (χ3n) is 2.71. The van der Waals surface area contributed by atoms with E-state index < -0.39 is 0 Å². The summed E-state index contributed by atoms with van der Waals surface area (Å²) in [6.45, 7) is 5.51. The first-order valence-corrected chi connectivity index (χ1v) is 6.65. The summed E-state index contributed by atoms with van der Waals surface area (Å²) < 4.78 is 5.15. The maximum absolute atomic E-state index is 11.9.